The maximum atomic E-state index is 11.3. The largest absolute Gasteiger partial charge is 0.387 e. The molecular formula is C10H21N3O. The Morgan fingerprint density at radius 2 is 1.93 bits per heavy atom. The molecule has 0 spiro atoms. The lowest BCUT2D eigenvalue weighted by Gasteiger charge is -2.19. The highest BCUT2D eigenvalue weighted by Gasteiger charge is 2.13. The van der Waals surface area contributed by atoms with Crippen LogP contribution in [0.4, 0.5) is 0 Å². The van der Waals surface area contributed by atoms with Crippen LogP contribution in [-0.2, 0) is 4.79 Å². The van der Waals surface area contributed by atoms with Crippen molar-refractivity contribution < 1.29 is 4.79 Å². The van der Waals surface area contributed by atoms with Crippen molar-refractivity contribution in [2.24, 2.45) is 16.6 Å². The van der Waals surface area contributed by atoms with E-state index in [4.69, 9.17) is 5.73 Å². The number of hydrogen-bond donors (Lipinski definition) is 2. The van der Waals surface area contributed by atoms with Crippen molar-refractivity contribution in [2.75, 3.05) is 6.54 Å². The summed E-state index contributed by atoms with van der Waals surface area (Å²) in [6.45, 7) is 9.80. The molecule has 14 heavy (non-hydrogen) atoms. The van der Waals surface area contributed by atoms with E-state index in [1.807, 2.05) is 34.6 Å². The molecule has 0 saturated carbocycles. The number of nitrogens with two attached hydrogens (primary N) is 1. The average molecular weight is 199 g/mol. The van der Waals surface area contributed by atoms with E-state index in [-0.39, 0.29) is 23.9 Å². The Morgan fingerprint density at radius 3 is 2.29 bits per heavy atom. The van der Waals surface area contributed by atoms with Gasteiger partial charge in [0.05, 0.1) is 5.84 Å². The molecule has 0 rings (SSSR count). The maximum absolute atomic E-state index is 11.3. The number of amides is 1. The minimum absolute atomic E-state index is 0.0962. The van der Waals surface area contributed by atoms with E-state index in [0.29, 0.717) is 5.84 Å². The zero-order valence-corrected chi connectivity index (χ0v) is 9.72. The van der Waals surface area contributed by atoms with Crippen molar-refractivity contribution in [3.05, 3.63) is 0 Å². The number of nitrogens with one attached hydrogen (secondary N) is 1. The van der Waals surface area contributed by atoms with Crippen LogP contribution in [-0.4, -0.2) is 23.8 Å². The maximum Gasteiger partial charge on any atom is 0.242 e. The number of nitrogens with zero attached hydrogens (tertiary/aromatic N) is 1. The standard InChI is InChI=1S/C10H21N3O/c1-7(2)9(11)12-6-8(14)13-10(3,4)5/h7H,6H2,1-5H3,(H2,11,12)(H,13,14). The smallest absolute Gasteiger partial charge is 0.242 e. The summed E-state index contributed by atoms with van der Waals surface area (Å²) < 4.78 is 0. The molecule has 0 aromatic heterocycles. The molecule has 0 aromatic carbocycles. The summed E-state index contributed by atoms with van der Waals surface area (Å²) in [6, 6.07) is 0. The summed E-state index contributed by atoms with van der Waals surface area (Å²) in [5, 5.41) is 2.81. The molecule has 1 amide bonds. The molecule has 0 saturated heterocycles. The number of carbonyl (C=O) groups is 1. The fourth-order valence-corrected chi connectivity index (χ4v) is 0.803. The lowest BCUT2D eigenvalue weighted by molar-refractivity contribution is -0.121. The summed E-state index contributed by atoms with van der Waals surface area (Å²) in [5.41, 5.74) is 5.39. The zero-order chi connectivity index (χ0) is 11.4. The van der Waals surface area contributed by atoms with Gasteiger partial charge in [0.25, 0.3) is 0 Å². The third-order valence-electron chi connectivity index (χ3n) is 1.51. The van der Waals surface area contributed by atoms with Gasteiger partial charge in [-0.3, -0.25) is 9.79 Å². The van der Waals surface area contributed by atoms with Gasteiger partial charge in [0.2, 0.25) is 5.91 Å². The first-order chi connectivity index (χ1) is 6.22. The topological polar surface area (TPSA) is 67.5 Å². The van der Waals surface area contributed by atoms with Gasteiger partial charge in [-0.05, 0) is 20.8 Å². The number of rotatable bonds is 3. The normalized spacial score (nSPS) is 13.1. The van der Waals surface area contributed by atoms with Gasteiger partial charge in [-0.2, -0.15) is 0 Å². The van der Waals surface area contributed by atoms with Crippen LogP contribution in [0.3, 0.4) is 0 Å². The molecule has 3 N–H and O–H groups in total. The first-order valence-corrected chi connectivity index (χ1v) is 4.83. The minimum Gasteiger partial charge on any atom is -0.387 e. The van der Waals surface area contributed by atoms with E-state index in [2.05, 4.69) is 10.3 Å². The molecule has 0 aliphatic rings. The number of carbonyl (C=O) groups excluding carboxylic acids is 1. The number of amidine groups is 1. The highest BCUT2D eigenvalue weighted by molar-refractivity contribution is 5.86. The second-order valence-electron chi connectivity index (χ2n) is 4.69. The fraction of sp³-hybridized carbons (Fsp3) is 0.800. The SMILES string of the molecule is CC(C)C(N)=NCC(=O)NC(C)(C)C. The van der Waals surface area contributed by atoms with Crippen LogP contribution in [0.2, 0.25) is 0 Å². The lowest BCUT2D eigenvalue weighted by Crippen LogP contribution is -2.42. The van der Waals surface area contributed by atoms with Gasteiger partial charge < -0.3 is 11.1 Å². The van der Waals surface area contributed by atoms with Gasteiger partial charge in [-0.15, -0.1) is 0 Å². The second kappa shape index (κ2) is 4.98. The first kappa shape index (κ1) is 12.9. The van der Waals surface area contributed by atoms with Crippen molar-refractivity contribution in [3.8, 4) is 0 Å². The van der Waals surface area contributed by atoms with E-state index in [1.165, 1.54) is 0 Å². The Hall–Kier alpha value is -1.06. The molecular weight excluding hydrogens is 178 g/mol. The Bertz CT molecular complexity index is 226. The van der Waals surface area contributed by atoms with Gasteiger partial charge in [-0.1, -0.05) is 13.8 Å². The van der Waals surface area contributed by atoms with Crippen molar-refractivity contribution in [2.45, 2.75) is 40.2 Å². The van der Waals surface area contributed by atoms with Gasteiger partial charge in [-0.25, -0.2) is 0 Å². The minimum atomic E-state index is -0.209. The molecule has 4 heteroatoms. The molecule has 0 aromatic rings. The Labute approximate surface area is 86.0 Å². The van der Waals surface area contributed by atoms with Crippen molar-refractivity contribution in [1.29, 1.82) is 0 Å². The third kappa shape index (κ3) is 6.46. The molecule has 0 aliphatic carbocycles. The van der Waals surface area contributed by atoms with E-state index in [0.717, 1.165) is 0 Å². The molecule has 4 nitrogen and oxygen atoms in total. The van der Waals surface area contributed by atoms with E-state index < -0.39 is 0 Å². The Kier molecular flexibility index (Phi) is 4.60. The van der Waals surface area contributed by atoms with Crippen LogP contribution in [0.15, 0.2) is 4.99 Å². The highest BCUT2D eigenvalue weighted by Crippen LogP contribution is 1.98. The van der Waals surface area contributed by atoms with Gasteiger partial charge in [0.15, 0.2) is 0 Å². The molecule has 0 bridgehead atoms. The number of aliphatic imine (C=N–C) groups is 1. The van der Waals surface area contributed by atoms with Crippen LogP contribution >= 0.6 is 0 Å². The monoisotopic (exact) mass is 199 g/mol. The summed E-state index contributed by atoms with van der Waals surface area (Å²) in [7, 11) is 0. The van der Waals surface area contributed by atoms with Gasteiger partial charge in [0.1, 0.15) is 6.54 Å². The number of hydrogen-bond acceptors (Lipinski definition) is 2. The quantitative estimate of drug-likeness (QED) is 0.524. The van der Waals surface area contributed by atoms with Crippen molar-refractivity contribution in [3.63, 3.8) is 0 Å². The molecule has 0 fully saturated rings. The van der Waals surface area contributed by atoms with Crippen LogP contribution < -0.4 is 11.1 Å². The molecule has 0 radical (unpaired) electrons. The fourth-order valence-electron chi connectivity index (χ4n) is 0.803. The summed E-state index contributed by atoms with van der Waals surface area (Å²) >= 11 is 0. The van der Waals surface area contributed by atoms with Crippen LogP contribution in [0.5, 0.6) is 0 Å². The van der Waals surface area contributed by atoms with Crippen LogP contribution in [0.1, 0.15) is 34.6 Å². The summed E-state index contributed by atoms with van der Waals surface area (Å²) in [5.74, 6) is 0.618. The first-order valence-electron chi connectivity index (χ1n) is 4.83. The highest BCUT2D eigenvalue weighted by atomic mass is 16.2. The van der Waals surface area contributed by atoms with E-state index in [9.17, 15) is 4.79 Å². The average Bonchev–Trinajstić information content (AvgIpc) is 1.96. The molecule has 0 unspecified atom stereocenters. The summed E-state index contributed by atoms with van der Waals surface area (Å²) in [6.07, 6.45) is 0. The zero-order valence-electron chi connectivity index (χ0n) is 9.72. The predicted molar refractivity (Wildman–Crippen MR) is 59.2 cm³/mol. The van der Waals surface area contributed by atoms with E-state index in [1.54, 1.807) is 0 Å². The third-order valence-corrected chi connectivity index (χ3v) is 1.51. The van der Waals surface area contributed by atoms with Crippen LogP contribution in [0, 0.1) is 5.92 Å². The summed E-state index contributed by atoms with van der Waals surface area (Å²) in [4.78, 5) is 15.3. The lowest BCUT2D eigenvalue weighted by atomic mass is 10.1. The molecule has 82 valence electrons. The Balaban J connectivity index is 4.04. The van der Waals surface area contributed by atoms with Gasteiger partial charge in [0, 0.05) is 11.5 Å². The molecule has 0 atom stereocenters. The van der Waals surface area contributed by atoms with Crippen molar-refractivity contribution >= 4 is 11.7 Å². The van der Waals surface area contributed by atoms with Crippen molar-refractivity contribution in [1.82, 2.24) is 5.32 Å². The molecule has 0 heterocycles. The predicted octanol–water partition coefficient (Wildman–Crippen LogP) is 0.914. The Morgan fingerprint density at radius 1 is 1.43 bits per heavy atom. The molecule has 0 aliphatic heterocycles. The second-order valence-corrected chi connectivity index (χ2v) is 4.69. The van der Waals surface area contributed by atoms with Crippen LogP contribution in [0.25, 0.3) is 0 Å². The van der Waals surface area contributed by atoms with E-state index >= 15 is 0 Å². The van der Waals surface area contributed by atoms with Gasteiger partial charge >= 0.3 is 0 Å².